The average Bonchev–Trinajstić information content (AvgIpc) is 2.38. The molecule has 2 N–H and O–H groups in total. The lowest BCUT2D eigenvalue weighted by atomic mass is 10.3. The largest absolute Gasteiger partial charge is 0.406 e. The molecule has 10 heteroatoms. The molecule has 0 aliphatic rings. The maximum atomic E-state index is 12.6. The summed E-state index contributed by atoms with van der Waals surface area (Å²) in [6.07, 6.45) is 0.566. The molecule has 0 bridgehead atoms. The molecule has 0 aliphatic carbocycles. The number of unbranched alkanes of at least 4 members (excludes halogenated alkanes) is 1. The molecule has 0 aromatic rings. The monoisotopic (exact) mass is 416 g/mol. The van der Waals surface area contributed by atoms with Gasteiger partial charge >= 0.3 is 15.5 Å². The fourth-order valence-corrected chi connectivity index (χ4v) is 5.47. The molecule has 0 atom stereocenters. The van der Waals surface area contributed by atoms with Gasteiger partial charge < -0.3 is 0 Å². The Morgan fingerprint density at radius 3 is 1.00 bits per heavy atom. The summed E-state index contributed by atoms with van der Waals surface area (Å²) < 4.78 is 46.9. The van der Waals surface area contributed by atoms with E-state index in [2.05, 4.69) is 10.2 Å². The van der Waals surface area contributed by atoms with Crippen molar-refractivity contribution in [1.29, 1.82) is 0 Å². The lowest BCUT2D eigenvalue weighted by molar-refractivity contribution is 0.133. The molecular weight excluding hydrogens is 378 g/mol. The molecule has 0 saturated carbocycles. The third-order valence-corrected chi connectivity index (χ3v) is 6.63. The van der Waals surface area contributed by atoms with Crippen LogP contribution in [0.25, 0.3) is 0 Å². The fraction of sp³-hybridized carbons (Fsp3) is 1.00. The van der Waals surface area contributed by atoms with Gasteiger partial charge in [-0.1, -0.05) is 0 Å². The van der Waals surface area contributed by atoms with Gasteiger partial charge in [0.1, 0.15) is 0 Å². The van der Waals surface area contributed by atoms with Gasteiger partial charge in [-0.25, -0.2) is 19.3 Å². The van der Waals surface area contributed by atoms with Crippen LogP contribution in [0.3, 0.4) is 0 Å². The summed E-state index contributed by atoms with van der Waals surface area (Å²) >= 11 is 0. The maximum absolute atomic E-state index is 12.6. The molecule has 0 amide bonds. The van der Waals surface area contributed by atoms with Crippen molar-refractivity contribution in [3.05, 3.63) is 0 Å². The topological polar surface area (TPSA) is 95.1 Å². The Balaban J connectivity index is 4.33. The number of rotatable bonds is 15. The van der Waals surface area contributed by atoms with Gasteiger partial charge in [0.05, 0.1) is 24.4 Å². The first-order chi connectivity index (χ1) is 11.9. The summed E-state index contributed by atoms with van der Waals surface area (Å²) in [6, 6.07) is 0. The molecule has 0 saturated heterocycles. The van der Waals surface area contributed by atoms with Gasteiger partial charge in [-0.15, -0.1) is 0 Å². The van der Waals surface area contributed by atoms with Crippen LogP contribution in [-0.4, -0.2) is 37.5 Å². The van der Waals surface area contributed by atoms with Crippen LogP contribution in [0.5, 0.6) is 0 Å². The second-order valence-electron chi connectivity index (χ2n) is 7.13. The molecule has 0 fully saturated rings. The predicted octanol–water partition coefficient (Wildman–Crippen LogP) is 4.86. The zero-order valence-corrected chi connectivity index (χ0v) is 19.3. The van der Waals surface area contributed by atoms with E-state index in [4.69, 9.17) is 18.1 Å². The van der Waals surface area contributed by atoms with E-state index in [1.165, 1.54) is 0 Å². The Kier molecular flexibility index (Phi) is 12.7. The number of nitrogens with one attached hydrogen (secondary N) is 2. The van der Waals surface area contributed by atoms with Crippen LogP contribution in [0.15, 0.2) is 0 Å². The first-order valence-corrected chi connectivity index (χ1v) is 12.4. The van der Waals surface area contributed by atoms with E-state index >= 15 is 0 Å². The molecule has 0 aromatic heterocycles. The lowest BCUT2D eigenvalue weighted by Gasteiger charge is -2.24. The van der Waals surface area contributed by atoms with Crippen molar-refractivity contribution in [1.82, 2.24) is 10.2 Å². The first kappa shape index (κ1) is 26.2. The van der Waals surface area contributed by atoms with Crippen molar-refractivity contribution in [3.63, 3.8) is 0 Å². The van der Waals surface area contributed by atoms with Crippen molar-refractivity contribution in [2.24, 2.45) is 0 Å². The normalized spacial score (nSPS) is 13.5. The van der Waals surface area contributed by atoms with Crippen LogP contribution in [0.4, 0.5) is 0 Å². The number of hydrogen-bond acceptors (Lipinski definition) is 6. The van der Waals surface area contributed by atoms with Gasteiger partial charge in [0.15, 0.2) is 0 Å². The Morgan fingerprint density at radius 2 is 0.808 bits per heavy atom. The molecule has 8 nitrogen and oxygen atoms in total. The molecule has 0 rings (SSSR count). The molecule has 0 heterocycles. The zero-order chi connectivity index (χ0) is 20.4. The highest BCUT2D eigenvalue weighted by Crippen LogP contribution is 2.47. The summed E-state index contributed by atoms with van der Waals surface area (Å²) in [7, 11) is -6.65. The smallest absolute Gasteiger partial charge is 0.294 e. The van der Waals surface area contributed by atoms with E-state index in [0.717, 1.165) is 0 Å². The minimum Gasteiger partial charge on any atom is -0.294 e. The second kappa shape index (κ2) is 12.6. The maximum Gasteiger partial charge on any atom is 0.406 e. The van der Waals surface area contributed by atoms with Crippen LogP contribution < -0.4 is 10.2 Å². The Morgan fingerprint density at radius 1 is 0.577 bits per heavy atom. The average molecular weight is 416 g/mol. The van der Waals surface area contributed by atoms with Crippen molar-refractivity contribution in [2.75, 3.05) is 13.1 Å². The Labute approximate surface area is 159 Å². The highest BCUT2D eigenvalue weighted by molar-refractivity contribution is 7.51. The Bertz CT molecular complexity index is 402. The lowest BCUT2D eigenvalue weighted by Crippen LogP contribution is -2.23. The van der Waals surface area contributed by atoms with Crippen molar-refractivity contribution in [3.8, 4) is 0 Å². The molecule has 0 aliphatic heterocycles. The molecule has 26 heavy (non-hydrogen) atoms. The van der Waals surface area contributed by atoms with Crippen molar-refractivity contribution >= 4 is 15.5 Å². The van der Waals surface area contributed by atoms with Gasteiger partial charge in [-0.2, -0.15) is 0 Å². The minimum absolute atomic E-state index is 0.207. The fourth-order valence-electron chi connectivity index (χ4n) is 1.99. The van der Waals surface area contributed by atoms with E-state index in [9.17, 15) is 9.13 Å². The standard InChI is InChI=1S/C16H38N2O6P2/c1-13(2)21-25(19,22-14(3)4)17-11-9-10-12-18-26(20,23-15(5)6)24-16(7)8/h13-16H,9-12H2,1-8H3,(H,17,19)(H,18,20). The molecule has 0 spiro atoms. The van der Waals surface area contributed by atoms with Gasteiger partial charge in [0.25, 0.3) is 0 Å². The SMILES string of the molecule is CC(C)OP(=O)(NCCCCNP(=O)(OC(C)C)OC(C)C)OC(C)C. The summed E-state index contributed by atoms with van der Waals surface area (Å²) in [5, 5.41) is 5.75. The zero-order valence-electron chi connectivity index (χ0n) is 17.5. The van der Waals surface area contributed by atoms with Crippen molar-refractivity contribution in [2.45, 2.75) is 92.6 Å². The Hall–Kier alpha value is 0.220. The van der Waals surface area contributed by atoms with Crippen LogP contribution in [-0.2, 0) is 27.2 Å². The van der Waals surface area contributed by atoms with Gasteiger partial charge in [0.2, 0.25) is 0 Å². The quantitative estimate of drug-likeness (QED) is 0.289. The molecule has 0 unspecified atom stereocenters. The summed E-state index contributed by atoms with van der Waals surface area (Å²) in [4.78, 5) is 0. The van der Waals surface area contributed by atoms with Crippen LogP contribution in [0.1, 0.15) is 68.2 Å². The molecule has 158 valence electrons. The molecule has 0 radical (unpaired) electrons. The highest BCUT2D eigenvalue weighted by atomic mass is 31.2. The van der Waals surface area contributed by atoms with Crippen LogP contribution in [0.2, 0.25) is 0 Å². The third-order valence-electron chi connectivity index (χ3n) is 2.61. The van der Waals surface area contributed by atoms with Gasteiger partial charge in [0, 0.05) is 13.1 Å². The van der Waals surface area contributed by atoms with Gasteiger partial charge in [-0.3, -0.25) is 18.1 Å². The van der Waals surface area contributed by atoms with E-state index in [1.54, 1.807) is 0 Å². The van der Waals surface area contributed by atoms with Crippen LogP contribution >= 0.6 is 15.5 Å². The van der Waals surface area contributed by atoms with Gasteiger partial charge in [-0.05, 0) is 68.2 Å². The van der Waals surface area contributed by atoms with Crippen molar-refractivity contribution < 1.29 is 27.2 Å². The summed E-state index contributed by atoms with van der Waals surface area (Å²) in [5.41, 5.74) is 0. The highest BCUT2D eigenvalue weighted by Gasteiger charge is 2.28. The molecule has 0 aromatic carbocycles. The van der Waals surface area contributed by atoms with E-state index in [-0.39, 0.29) is 24.4 Å². The third kappa shape index (κ3) is 13.4. The first-order valence-electron chi connectivity index (χ1n) is 9.31. The molecular formula is C16H38N2O6P2. The minimum atomic E-state index is -3.33. The summed E-state index contributed by atoms with van der Waals surface area (Å²) in [5.74, 6) is 0. The predicted molar refractivity (Wildman–Crippen MR) is 105 cm³/mol. The van der Waals surface area contributed by atoms with E-state index < -0.39 is 15.5 Å². The van der Waals surface area contributed by atoms with E-state index in [1.807, 2.05) is 55.4 Å². The number of hydrogen-bond donors (Lipinski definition) is 2. The summed E-state index contributed by atoms with van der Waals surface area (Å²) in [6.45, 7) is 15.4. The van der Waals surface area contributed by atoms with E-state index in [0.29, 0.717) is 25.9 Å². The second-order valence-corrected chi connectivity index (χ2v) is 10.6. The van der Waals surface area contributed by atoms with Crippen LogP contribution in [0, 0.1) is 0 Å².